The largest absolute Gasteiger partial charge is 0.294 e. The van der Waals surface area contributed by atoms with Gasteiger partial charge in [-0.25, -0.2) is 0 Å². The van der Waals surface area contributed by atoms with Gasteiger partial charge in [-0.05, 0) is 85.5 Å². The predicted octanol–water partition coefficient (Wildman–Crippen LogP) is 6.39. The molecule has 5 unspecified atom stereocenters. The molecule has 1 fully saturated rings. The second-order valence-corrected chi connectivity index (χ2v) is 12.4. The lowest BCUT2D eigenvalue weighted by molar-refractivity contribution is -0.159. The van der Waals surface area contributed by atoms with E-state index in [1.54, 1.807) is 0 Å². The number of allylic oxidation sites excluding steroid dienone is 2. The number of hydrogen-bond donors (Lipinski definition) is 0. The van der Waals surface area contributed by atoms with Gasteiger partial charge in [0.25, 0.3) is 0 Å². The van der Waals surface area contributed by atoms with Gasteiger partial charge < -0.3 is 0 Å². The molecule has 180 valence electrons. The number of Topliss-reactive ketones (excluding diaryl/α,β-unsaturated/α-hetero) is 3. The lowest BCUT2D eigenvalue weighted by atomic mass is 9.37. The maximum absolute atomic E-state index is 14.4. The van der Waals surface area contributed by atoms with Crippen molar-refractivity contribution in [1.29, 1.82) is 0 Å². The molecular weight excluding hydrogens is 420 g/mol. The normalized spacial score (nSPS) is 35.0. The molecule has 1 saturated carbocycles. The molecule has 0 radical (unpaired) electrons. The van der Waals surface area contributed by atoms with Crippen LogP contribution in [-0.2, 0) is 16.0 Å². The number of hydrogen-bond acceptors (Lipinski definition) is 3. The van der Waals surface area contributed by atoms with Gasteiger partial charge in [0.15, 0.2) is 17.3 Å². The van der Waals surface area contributed by atoms with Crippen LogP contribution in [0.2, 0.25) is 0 Å². The van der Waals surface area contributed by atoms with Gasteiger partial charge in [0, 0.05) is 22.5 Å². The Labute approximate surface area is 204 Å². The zero-order valence-electron chi connectivity index (χ0n) is 22.2. The topological polar surface area (TPSA) is 51.2 Å². The Morgan fingerprint density at radius 1 is 1.15 bits per heavy atom. The fourth-order valence-electron chi connectivity index (χ4n) is 8.31. The summed E-state index contributed by atoms with van der Waals surface area (Å²) in [5.41, 5.74) is 4.65. The maximum atomic E-state index is 14.4. The van der Waals surface area contributed by atoms with Gasteiger partial charge in [-0.15, -0.1) is 6.42 Å². The quantitative estimate of drug-likeness (QED) is 0.381. The summed E-state index contributed by atoms with van der Waals surface area (Å²) in [6, 6.07) is 2.10. The minimum absolute atomic E-state index is 0.0728. The van der Waals surface area contributed by atoms with Crippen molar-refractivity contribution < 1.29 is 14.4 Å². The Hall–Kier alpha value is -2.47. The summed E-state index contributed by atoms with van der Waals surface area (Å²) in [5.74, 6) is 2.46. The van der Waals surface area contributed by atoms with Crippen molar-refractivity contribution in [1.82, 2.24) is 0 Å². The molecule has 0 aromatic heterocycles. The third-order valence-corrected chi connectivity index (χ3v) is 9.96. The number of fused-ring (bicyclic) bond motifs is 3. The highest BCUT2D eigenvalue weighted by molar-refractivity contribution is 6.23. The summed E-state index contributed by atoms with van der Waals surface area (Å²) in [5, 5.41) is 0. The van der Waals surface area contributed by atoms with Gasteiger partial charge in [-0.2, -0.15) is 0 Å². The second-order valence-electron chi connectivity index (χ2n) is 12.4. The minimum Gasteiger partial charge on any atom is -0.294 e. The number of ketones is 3. The SMILES string of the molecule is C#Cc1cc(C(C)C)c2c(c1C)C(=O)C1C(C)C3(C)C(=O)C(C(C)=O)=C(C)CC3(C)CC1(C)C2. The number of carbonyl (C=O) groups excluding carboxylic acids is 3. The highest BCUT2D eigenvalue weighted by atomic mass is 16.2. The minimum atomic E-state index is -0.774. The van der Waals surface area contributed by atoms with Crippen LogP contribution in [0.3, 0.4) is 0 Å². The van der Waals surface area contributed by atoms with E-state index in [0.717, 1.165) is 40.7 Å². The molecule has 0 N–H and O–H groups in total. The third-order valence-electron chi connectivity index (χ3n) is 9.96. The van der Waals surface area contributed by atoms with Crippen molar-refractivity contribution in [3.63, 3.8) is 0 Å². The van der Waals surface area contributed by atoms with E-state index in [-0.39, 0.29) is 45.9 Å². The molecule has 0 bridgehead atoms. The Kier molecular flexibility index (Phi) is 5.45. The van der Waals surface area contributed by atoms with Crippen LogP contribution >= 0.6 is 0 Å². The van der Waals surface area contributed by atoms with Crippen LogP contribution in [0.15, 0.2) is 17.2 Å². The molecule has 1 aromatic carbocycles. The molecule has 3 heteroatoms. The average Bonchev–Trinajstić information content (AvgIpc) is 2.70. The van der Waals surface area contributed by atoms with Crippen LogP contribution in [0.4, 0.5) is 0 Å². The van der Waals surface area contributed by atoms with Crippen LogP contribution in [0.5, 0.6) is 0 Å². The highest BCUT2D eigenvalue weighted by Crippen LogP contribution is 2.68. The predicted molar refractivity (Wildman–Crippen MR) is 136 cm³/mol. The van der Waals surface area contributed by atoms with E-state index < -0.39 is 5.41 Å². The monoisotopic (exact) mass is 458 g/mol. The number of terminal acetylenes is 1. The van der Waals surface area contributed by atoms with Crippen molar-refractivity contribution in [2.24, 2.45) is 28.1 Å². The van der Waals surface area contributed by atoms with E-state index in [9.17, 15) is 14.4 Å². The van der Waals surface area contributed by atoms with E-state index in [4.69, 9.17) is 6.42 Å². The van der Waals surface area contributed by atoms with Crippen LogP contribution in [0, 0.1) is 47.3 Å². The van der Waals surface area contributed by atoms with Crippen molar-refractivity contribution in [2.75, 3.05) is 0 Å². The van der Waals surface area contributed by atoms with Crippen molar-refractivity contribution in [3.05, 3.63) is 45.0 Å². The van der Waals surface area contributed by atoms with E-state index >= 15 is 0 Å². The first-order chi connectivity index (χ1) is 15.6. The van der Waals surface area contributed by atoms with Crippen LogP contribution in [-0.4, -0.2) is 17.3 Å². The lowest BCUT2D eigenvalue weighted by Gasteiger charge is -2.64. The van der Waals surface area contributed by atoms with Gasteiger partial charge in [-0.3, -0.25) is 14.4 Å². The first-order valence-corrected chi connectivity index (χ1v) is 12.6. The van der Waals surface area contributed by atoms with E-state index in [1.807, 2.05) is 20.8 Å². The number of rotatable bonds is 2. The summed E-state index contributed by atoms with van der Waals surface area (Å²) in [7, 11) is 0. The molecule has 3 nitrogen and oxygen atoms in total. The Balaban J connectivity index is 1.97. The van der Waals surface area contributed by atoms with Gasteiger partial charge in [0.05, 0.1) is 5.57 Å². The Bertz CT molecular complexity index is 1220. The zero-order chi connectivity index (χ0) is 25.5. The van der Waals surface area contributed by atoms with Gasteiger partial charge in [0.2, 0.25) is 0 Å². The summed E-state index contributed by atoms with van der Waals surface area (Å²) in [6.07, 6.45) is 8.14. The molecule has 3 aliphatic rings. The summed E-state index contributed by atoms with van der Waals surface area (Å²) >= 11 is 0. The third kappa shape index (κ3) is 2.93. The zero-order valence-corrected chi connectivity index (χ0v) is 22.2. The molecule has 0 spiro atoms. The van der Waals surface area contributed by atoms with Crippen molar-refractivity contribution in [3.8, 4) is 12.3 Å². The van der Waals surface area contributed by atoms with Gasteiger partial charge in [-0.1, -0.05) is 53.0 Å². The molecule has 0 heterocycles. The molecule has 5 atom stereocenters. The maximum Gasteiger partial charge on any atom is 0.173 e. The molecule has 4 rings (SSSR count). The standard InChI is InChI=1S/C31H38O3/c1-11-21-12-22(16(2)3)23-14-29(8)15-30(9)13-17(4)24(20(7)32)28(34)31(30,10)19(6)26(29)27(33)25(23)18(21)5/h1,12,16,19,26H,13-15H2,2-10H3. The smallest absolute Gasteiger partial charge is 0.173 e. The van der Waals surface area contributed by atoms with Crippen LogP contribution in [0.25, 0.3) is 0 Å². The molecular formula is C31H38O3. The summed E-state index contributed by atoms with van der Waals surface area (Å²) < 4.78 is 0. The number of carbonyl (C=O) groups is 3. The lowest BCUT2D eigenvalue weighted by Crippen LogP contribution is -2.64. The molecule has 0 amide bonds. The van der Waals surface area contributed by atoms with Crippen LogP contribution < -0.4 is 0 Å². The number of benzene rings is 1. The Morgan fingerprint density at radius 3 is 2.29 bits per heavy atom. The average molecular weight is 459 g/mol. The van der Waals surface area contributed by atoms with E-state index in [1.165, 1.54) is 12.5 Å². The Morgan fingerprint density at radius 2 is 1.76 bits per heavy atom. The first-order valence-electron chi connectivity index (χ1n) is 12.6. The first kappa shape index (κ1) is 24.6. The van der Waals surface area contributed by atoms with Crippen LogP contribution in [0.1, 0.15) is 107 Å². The van der Waals surface area contributed by atoms with Gasteiger partial charge >= 0.3 is 0 Å². The van der Waals surface area contributed by atoms with Gasteiger partial charge in [0.1, 0.15) is 0 Å². The molecule has 0 saturated heterocycles. The van der Waals surface area contributed by atoms with Crippen molar-refractivity contribution in [2.45, 2.75) is 87.5 Å². The molecule has 1 aromatic rings. The fourth-order valence-corrected chi connectivity index (χ4v) is 8.31. The van der Waals surface area contributed by atoms with Crippen molar-refractivity contribution >= 4 is 17.3 Å². The highest BCUT2D eigenvalue weighted by Gasteiger charge is 2.67. The second kappa shape index (κ2) is 7.51. The van der Waals surface area contributed by atoms with E-state index in [0.29, 0.717) is 12.0 Å². The van der Waals surface area contributed by atoms with E-state index in [2.05, 4.69) is 46.6 Å². The molecule has 0 aliphatic heterocycles. The molecule has 3 aliphatic carbocycles. The molecule has 34 heavy (non-hydrogen) atoms. The fraction of sp³-hybridized carbons (Fsp3) is 0.581. The summed E-state index contributed by atoms with van der Waals surface area (Å²) in [4.78, 5) is 40.8. The summed E-state index contributed by atoms with van der Waals surface area (Å²) in [6.45, 7) is 18.2.